The second-order valence-electron chi connectivity index (χ2n) is 3.56. The molecule has 7 heteroatoms. The highest BCUT2D eigenvalue weighted by atomic mass is 32.2. The van der Waals surface area contributed by atoms with Gasteiger partial charge in [-0.1, -0.05) is 6.58 Å². The summed E-state index contributed by atoms with van der Waals surface area (Å²) in [6, 6.07) is 7.36. The van der Waals surface area contributed by atoms with E-state index in [2.05, 4.69) is 32.5 Å². The number of tetrazole rings is 1. The third kappa shape index (κ3) is 3.17. The highest BCUT2D eigenvalue weighted by molar-refractivity contribution is 7.99. The fraction of sp³-hybridized carbons (Fsp3) is 0.0909. The Morgan fingerprint density at radius 1 is 1.39 bits per heavy atom. The standard InChI is InChI=1S/C11H11N5OS/c1-7(2)10(17)12-8-3-5-9(6-4-8)18-11-13-15-16-14-11/h3-6H,1H2,2H3,(H,12,17)(H,13,14,15,16). The summed E-state index contributed by atoms with van der Waals surface area (Å²) in [6.45, 7) is 5.24. The van der Waals surface area contributed by atoms with E-state index in [1.807, 2.05) is 24.3 Å². The number of nitrogens with one attached hydrogen (secondary N) is 2. The Hall–Kier alpha value is -2.15. The minimum absolute atomic E-state index is 0.187. The van der Waals surface area contributed by atoms with Crippen molar-refractivity contribution in [2.24, 2.45) is 0 Å². The fourth-order valence-electron chi connectivity index (χ4n) is 1.15. The van der Waals surface area contributed by atoms with Crippen LogP contribution in [0.25, 0.3) is 0 Å². The first-order valence-corrected chi connectivity index (χ1v) is 5.95. The van der Waals surface area contributed by atoms with Gasteiger partial charge in [0.2, 0.25) is 5.16 Å². The lowest BCUT2D eigenvalue weighted by atomic mass is 10.3. The van der Waals surface area contributed by atoms with Crippen molar-refractivity contribution >= 4 is 23.4 Å². The first-order chi connectivity index (χ1) is 8.65. The molecule has 2 N–H and O–H groups in total. The maximum atomic E-state index is 11.4. The second kappa shape index (κ2) is 5.46. The highest BCUT2D eigenvalue weighted by Crippen LogP contribution is 2.24. The van der Waals surface area contributed by atoms with Crippen molar-refractivity contribution in [2.45, 2.75) is 17.0 Å². The number of carbonyl (C=O) groups is 1. The highest BCUT2D eigenvalue weighted by Gasteiger charge is 2.04. The summed E-state index contributed by atoms with van der Waals surface area (Å²) in [4.78, 5) is 12.4. The fourth-order valence-corrected chi connectivity index (χ4v) is 1.80. The summed E-state index contributed by atoms with van der Waals surface area (Å²) >= 11 is 1.38. The summed E-state index contributed by atoms with van der Waals surface area (Å²) in [5, 5.41) is 16.8. The van der Waals surface area contributed by atoms with Crippen molar-refractivity contribution in [3.8, 4) is 0 Å². The van der Waals surface area contributed by atoms with E-state index < -0.39 is 0 Å². The van der Waals surface area contributed by atoms with E-state index >= 15 is 0 Å². The summed E-state index contributed by atoms with van der Waals surface area (Å²) in [5.41, 5.74) is 1.20. The SMILES string of the molecule is C=C(C)C(=O)Nc1ccc(Sc2nn[nH]n2)cc1. The van der Waals surface area contributed by atoms with Crippen LogP contribution in [0.3, 0.4) is 0 Å². The van der Waals surface area contributed by atoms with Crippen LogP contribution in [0, 0.1) is 0 Å². The molecule has 1 aromatic carbocycles. The van der Waals surface area contributed by atoms with Gasteiger partial charge < -0.3 is 5.32 Å². The van der Waals surface area contributed by atoms with E-state index in [-0.39, 0.29) is 5.91 Å². The molecule has 0 saturated heterocycles. The monoisotopic (exact) mass is 261 g/mol. The van der Waals surface area contributed by atoms with Crippen molar-refractivity contribution in [1.82, 2.24) is 20.6 Å². The van der Waals surface area contributed by atoms with Gasteiger partial charge in [-0.05, 0) is 48.2 Å². The molecule has 2 rings (SSSR count). The molecule has 0 saturated carbocycles. The molecule has 0 atom stereocenters. The third-order valence-electron chi connectivity index (χ3n) is 2.03. The molecule has 1 aromatic heterocycles. The average molecular weight is 261 g/mol. The zero-order valence-corrected chi connectivity index (χ0v) is 10.5. The molecule has 18 heavy (non-hydrogen) atoms. The Labute approximate surface area is 108 Å². The van der Waals surface area contributed by atoms with Gasteiger partial charge in [0.15, 0.2) is 0 Å². The third-order valence-corrected chi connectivity index (χ3v) is 2.90. The van der Waals surface area contributed by atoms with Gasteiger partial charge in [0.05, 0.1) is 0 Å². The molecule has 2 aromatic rings. The van der Waals surface area contributed by atoms with E-state index in [1.54, 1.807) is 6.92 Å². The lowest BCUT2D eigenvalue weighted by molar-refractivity contribution is -0.112. The van der Waals surface area contributed by atoms with Crippen LogP contribution in [0.2, 0.25) is 0 Å². The number of hydrogen-bond acceptors (Lipinski definition) is 5. The molecule has 0 unspecified atom stereocenters. The zero-order chi connectivity index (χ0) is 13.0. The van der Waals surface area contributed by atoms with E-state index in [0.717, 1.165) is 10.6 Å². The average Bonchev–Trinajstić information content (AvgIpc) is 2.84. The molecule has 0 fully saturated rings. The number of benzene rings is 1. The molecule has 0 aliphatic heterocycles. The number of hydrogen-bond donors (Lipinski definition) is 2. The van der Waals surface area contributed by atoms with Gasteiger partial charge in [-0.25, -0.2) is 0 Å². The molecule has 92 valence electrons. The summed E-state index contributed by atoms with van der Waals surface area (Å²) in [5.74, 6) is -0.187. The molecule has 0 radical (unpaired) electrons. The van der Waals surface area contributed by atoms with Crippen LogP contribution >= 0.6 is 11.8 Å². The van der Waals surface area contributed by atoms with Gasteiger partial charge in [0.1, 0.15) is 0 Å². The molecule has 1 heterocycles. The van der Waals surface area contributed by atoms with Gasteiger partial charge >= 0.3 is 0 Å². The number of nitrogens with zero attached hydrogens (tertiary/aromatic N) is 3. The van der Waals surface area contributed by atoms with Crippen molar-refractivity contribution in [3.05, 3.63) is 36.4 Å². The Morgan fingerprint density at radius 3 is 2.67 bits per heavy atom. The topological polar surface area (TPSA) is 83.6 Å². The van der Waals surface area contributed by atoms with Crippen LogP contribution in [-0.4, -0.2) is 26.5 Å². The van der Waals surface area contributed by atoms with Gasteiger partial charge in [0, 0.05) is 16.2 Å². The van der Waals surface area contributed by atoms with Crippen molar-refractivity contribution in [2.75, 3.05) is 5.32 Å². The molecule has 6 nitrogen and oxygen atoms in total. The first kappa shape index (κ1) is 12.3. The van der Waals surface area contributed by atoms with Crippen LogP contribution in [0.15, 0.2) is 46.5 Å². The number of amides is 1. The largest absolute Gasteiger partial charge is 0.322 e. The van der Waals surface area contributed by atoms with Gasteiger partial charge in [0.25, 0.3) is 5.91 Å². The maximum Gasteiger partial charge on any atom is 0.250 e. The number of anilines is 1. The van der Waals surface area contributed by atoms with Gasteiger partial charge in [-0.2, -0.15) is 5.21 Å². The normalized spacial score (nSPS) is 10.1. The minimum atomic E-state index is -0.187. The van der Waals surface area contributed by atoms with Crippen molar-refractivity contribution < 1.29 is 4.79 Å². The minimum Gasteiger partial charge on any atom is -0.322 e. The van der Waals surface area contributed by atoms with E-state index in [0.29, 0.717) is 10.7 Å². The molecule has 1 amide bonds. The molecule has 0 spiro atoms. The van der Waals surface area contributed by atoms with E-state index in [1.165, 1.54) is 11.8 Å². The van der Waals surface area contributed by atoms with Crippen LogP contribution in [0.5, 0.6) is 0 Å². The Bertz CT molecular complexity index is 549. The summed E-state index contributed by atoms with van der Waals surface area (Å²) in [7, 11) is 0. The summed E-state index contributed by atoms with van der Waals surface area (Å²) < 4.78 is 0. The smallest absolute Gasteiger partial charge is 0.250 e. The molecule has 0 aliphatic rings. The molecule has 0 bridgehead atoms. The second-order valence-corrected chi connectivity index (χ2v) is 4.60. The Morgan fingerprint density at radius 2 is 2.11 bits per heavy atom. The molecular formula is C11H11N5OS. The van der Waals surface area contributed by atoms with Crippen LogP contribution < -0.4 is 5.32 Å². The quantitative estimate of drug-likeness (QED) is 0.821. The van der Waals surface area contributed by atoms with E-state index in [4.69, 9.17) is 0 Å². The predicted octanol–water partition coefficient (Wildman–Crippen LogP) is 1.87. The summed E-state index contributed by atoms with van der Waals surface area (Å²) in [6.07, 6.45) is 0. The lowest BCUT2D eigenvalue weighted by Gasteiger charge is -2.05. The van der Waals surface area contributed by atoms with Crippen LogP contribution in [0.4, 0.5) is 5.69 Å². The number of aromatic amines is 1. The number of aromatic nitrogens is 4. The number of rotatable bonds is 4. The Balaban J connectivity index is 2.01. The van der Waals surface area contributed by atoms with Crippen LogP contribution in [-0.2, 0) is 4.79 Å². The van der Waals surface area contributed by atoms with Crippen molar-refractivity contribution in [1.29, 1.82) is 0 Å². The number of carbonyl (C=O) groups excluding carboxylic acids is 1. The Kier molecular flexibility index (Phi) is 3.73. The predicted molar refractivity (Wildman–Crippen MR) is 68.2 cm³/mol. The maximum absolute atomic E-state index is 11.4. The molecular weight excluding hydrogens is 250 g/mol. The van der Waals surface area contributed by atoms with Crippen LogP contribution in [0.1, 0.15) is 6.92 Å². The van der Waals surface area contributed by atoms with E-state index in [9.17, 15) is 4.79 Å². The number of H-pyrrole nitrogens is 1. The van der Waals surface area contributed by atoms with Gasteiger partial charge in [-0.15, -0.1) is 10.2 Å². The van der Waals surface area contributed by atoms with Crippen molar-refractivity contribution in [3.63, 3.8) is 0 Å². The lowest BCUT2D eigenvalue weighted by Crippen LogP contribution is -2.11. The zero-order valence-electron chi connectivity index (χ0n) is 9.67. The van der Waals surface area contributed by atoms with Gasteiger partial charge in [-0.3, -0.25) is 4.79 Å². The molecule has 0 aliphatic carbocycles. The first-order valence-electron chi connectivity index (χ1n) is 5.13.